The standard InChI is InChI=1S/C28H37N5O3S/c34-16-10-29-24(35)18-23-25(22-6-2-1-3-7-22)26-27(30-20-31-28(26)37-23)33-13-8-21(9-14-33)19-36-17-15-32-11-4-5-12-32/h1-3,6-7,20-21,34H,4-5,8-19H2,(H,29,35). The number of fused-ring (bicyclic) bond motifs is 1. The number of hydrogen-bond donors (Lipinski definition) is 2. The molecule has 1 aromatic carbocycles. The van der Waals surface area contributed by atoms with Gasteiger partial charge < -0.3 is 25.0 Å². The van der Waals surface area contributed by atoms with Gasteiger partial charge in [-0.25, -0.2) is 9.97 Å². The minimum Gasteiger partial charge on any atom is -0.395 e. The molecule has 0 bridgehead atoms. The summed E-state index contributed by atoms with van der Waals surface area (Å²) in [7, 11) is 0. The number of anilines is 1. The Morgan fingerprint density at radius 3 is 2.65 bits per heavy atom. The summed E-state index contributed by atoms with van der Waals surface area (Å²) in [6.07, 6.45) is 6.70. The van der Waals surface area contributed by atoms with E-state index >= 15 is 0 Å². The summed E-state index contributed by atoms with van der Waals surface area (Å²) in [4.78, 5) is 28.7. The Kier molecular flexibility index (Phi) is 8.99. The van der Waals surface area contributed by atoms with Gasteiger partial charge in [-0.15, -0.1) is 11.3 Å². The van der Waals surface area contributed by atoms with E-state index in [9.17, 15) is 4.79 Å². The van der Waals surface area contributed by atoms with Crippen LogP contribution in [0.25, 0.3) is 21.3 Å². The molecule has 9 heteroatoms. The van der Waals surface area contributed by atoms with E-state index in [2.05, 4.69) is 32.2 Å². The Bertz CT molecular complexity index is 1160. The number of ether oxygens (including phenoxy) is 1. The largest absolute Gasteiger partial charge is 0.395 e. The first-order valence-corrected chi connectivity index (χ1v) is 14.3. The third kappa shape index (κ3) is 6.46. The van der Waals surface area contributed by atoms with Gasteiger partial charge in [0.05, 0.1) is 25.0 Å². The van der Waals surface area contributed by atoms with Crippen LogP contribution in [0.5, 0.6) is 0 Å². The van der Waals surface area contributed by atoms with Crippen molar-refractivity contribution >= 4 is 33.3 Å². The SMILES string of the molecule is O=C(Cc1sc2ncnc(N3CCC(COCCN4CCCC4)CC3)c2c1-c1ccccc1)NCCO. The third-order valence-electron chi connectivity index (χ3n) is 7.38. The van der Waals surface area contributed by atoms with Crippen molar-refractivity contribution in [1.29, 1.82) is 0 Å². The summed E-state index contributed by atoms with van der Waals surface area (Å²) in [5.41, 5.74) is 2.11. The Balaban J connectivity index is 1.30. The van der Waals surface area contributed by atoms with Gasteiger partial charge in [0.25, 0.3) is 0 Å². The number of carbonyl (C=O) groups excluding carboxylic acids is 1. The molecule has 198 valence electrons. The number of amides is 1. The zero-order valence-electron chi connectivity index (χ0n) is 21.4. The summed E-state index contributed by atoms with van der Waals surface area (Å²) >= 11 is 1.56. The summed E-state index contributed by atoms with van der Waals surface area (Å²) in [5.74, 6) is 1.43. The molecule has 0 radical (unpaired) electrons. The first kappa shape index (κ1) is 26.0. The number of thiophene rings is 1. The number of piperidine rings is 1. The first-order chi connectivity index (χ1) is 18.2. The predicted molar refractivity (Wildman–Crippen MR) is 148 cm³/mol. The average Bonchev–Trinajstić information content (AvgIpc) is 3.58. The molecular weight excluding hydrogens is 486 g/mol. The van der Waals surface area contributed by atoms with E-state index in [0.717, 1.165) is 77.7 Å². The monoisotopic (exact) mass is 523 g/mol. The molecule has 2 aliphatic heterocycles. The number of nitrogens with zero attached hydrogens (tertiary/aromatic N) is 4. The van der Waals surface area contributed by atoms with Crippen LogP contribution in [-0.4, -0.2) is 85.0 Å². The quantitative estimate of drug-likeness (QED) is 0.373. The lowest BCUT2D eigenvalue weighted by Gasteiger charge is -2.33. The van der Waals surface area contributed by atoms with Crippen LogP contribution < -0.4 is 10.2 Å². The first-order valence-electron chi connectivity index (χ1n) is 13.5. The van der Waals surface area contributed by atoms with Crippen molar-refractivity contribution in [1.82, 2.24) is 20.2 Å². The molecule has 37 heavy (non-hydrogen) atoms. The molecule has 2 fully saturated rings. The molecule has 0 atom stereocenters. The molecule has 3 aromatic rings. The van der Waals surface area contributed by atoms with Crippen molar-refractivity contribution in [2.75, 3.05) is 64.0 Å². The van der Waals surface area contributed by atoms with Crippen molar-refractivity contribution in [3.8, 4) is 11.1 Å². The van der Waals surface area contributed by atoms with Gasteiger partial charge in [-0.3, -0.25) is 4.79 Å². The van der Waals surface area contributed by atoms with Crippen LogP contribution in [0.3, 0.4) is 0 Å². The van der Waals surface area contributed by atoms with Crippen LogP contribution in [0.1, 0.15) is 30.6 Å². The zero-order chi connectivity index (χ0) is 25.5. The second-order valence-electron chi connectivity index (χ2n) is 9.95. The van der Waals surface area contributed by atoms with Crippen LogP contribution in [0, 0.1) is 5.92 Å². The van der Waals surface area contributed by atoms with E-state index in [4.69, 9.17) is 14.8 Å². The number of aliphatic hydroxyl groups is 1. The number of aromatic nitrogens is 2. The minimum absolute atomic E-state index is 0.0707. The van der Waals surface area contributed by atoms with Crippen LogP contribution >= 0.6 is 11.3 Å². The van der Waals surface area contributed by atoms with E-state index < -0.39 is 0 Å². The van der Waals surface area contributed by atoms with Crippen molar-refractivity contribution < 1.29 is 14.6 Å². The Morgan fingerprint density at radius 2 is 1.89 bits per heavy atom. The zero-order valence-corrected chi connectivity index (χ0v) is 22.2. The van der Waals surface area contributed by atoms with Crippen molar-refractivity contribution in [3.05, 3.63) is 41.5 Å². The highest BCUT2D eigenvalue weighted by Crippen LogP contribution is 2.42. The van der Waals surface area contributed by atoms with Crippen LogP contribution in [0.2, 0.25) is 0 Å². The lowest BCUT2D eigenvalue weighted by atomic mass is 9.97. The van der Waals surface area contributed by atoms with Gasteiger partial charge in [0.2, 0.25) is 5.91 Å². The fraction of sp³-hybridized carbons (Fsp3) is 0.536. The molecule has 8 nitrogen and oxygen atoms in total. The highest BCUT2D eigenvalue weighted by Gasteiger charge is 2.26. The number of benzene rings is 1. The molecule has 2 saturated heterocycles. The van der Waals surface area contributed by atoms with Gasteiger partial charge in [0.1, 0.15) is 17.0 Å². The Labute approximate surface area is 222 Å². The maximum atomic E-state index is 12.6. The molecular formula is C28H37N5O3S. The molecule has 1 amide bonds. The maximum absolute atomic E-state index is 12.6. The predicted octanol–water partition coefficient (Wildman–Crippen LogP) is 3.34. The molecule has 0 spiro atoms. The van der Waals surface area contributed by atoms with Crippen LogP contribution in [0.15, 0.2) is 36.7 Å². The molecule has 0 saturated carbocycles. The molecule has 2 aliphatic rings. The van der Waals surface area contributed by atoms with Gasteiger partial charge >= 0.3 is 0 Å². The number of hydrogen-bond acceptors (Lipinski definition) is 8. The second-order valence-corrected chi connectivity index (χ2v) is 11.0. The molecule has 2 N–H and O–H groups in total. The van der Waals surface area contributed by atoms with E-state index in [1.54, 1.807) is 17.7 Å². The topological polar surface area (TPSA) is 90.8 Å². The number of carbonyl (C=O) groups is 1. The molecule has 0 unspecified atom stereocenters. The lowest BCUT2D eigenvalue weighted by molar-refractivity contribution is -0.120. The van der Waals surface area contributed by atoms with Crippen molar-refractivity contribution in [3.63, 3.8) is 0 Å². The van der Waals surface area contributed by atoms with Gasteiger partial charge in [0.15, 0.2) is 0 Å². The highest BCUT2D eigenvalue weighted by molar-refractivity contribution is 7.19. The Hall–Kier alpha value is -2.59. The Morgan fingerprint density at radius 1 is 1.11 bits per heavy atom. The second kappa shape index (κ2) is 12.8. The fourth-order valence-electron chi connectivity index (χ4n) is 5.40. The number of nitrogens with one attached hydrogen (secondary N) is 1. The smallest absolute Gasteiger partial charge is 0.225 e. The molecule has 5 rings (SSSR count). The number of likely N-dealkylation sites (tertiary alicyclic amines) is 1. The van der Waals surface area contributed by atoms with Crippen LogP contribution in [-0.2, 0) is 16.0 Å². The maximum Gasteiger partial charge on any atom is 0.225 e. The minimum atomic E-state index is -0.0992. The van der Waals surface area contributed by atoms with E-state index in [-0.39, 0.29) is 25.5 Å². The van der Waals surface area contributed by atoms with E-state index in [1.807, 2.05) is 18.2 Å². The highest BCUT2D eigenvalue weighted by atomic mass is 32.1. The molecule has 4 heterocycles. The van der Waals surface area contributed by atoms with E-state index in [0.29, 0.717) is 5.92 Å². The molecule has 0 aliphatic carbocycles. The van der Waals surface area contributed by atoms with Crippen LogP contribution in [0.4, 0.5) is 5.82 Å². The summed E-state index contributed by atoms with van der Waals surface area (Å²) in [6.45, 7) is 7.21. The average molecular weight is 524 g/mol. The normalized spacial score (nSPS) is 17.1. The summed E-state index contributed by atoms with van der Waals surface area (Å²) in [6, 6.07) is 10.2. The summed E-state index contributed by atoms with van der Waals surface area (Å²) in [5, 5.41) is 12.9. The molecule has 2 aromatic heterocycles. The lowest BCUT2D eigenvalue weighted by Crippen LogP contribution is -2.36. The fourth-order valence-corrected chi connectivity index (χ4v) is 6.56. The van der Waals surface area contributed by atoms with Crippen molar-refractivity contribution in [2.24, 2.45) is 5.92 Å². The third-order valence-corrected chi connectivity index (χ3v) is 8.47. The van der Waals surface area contributed by atoms with Crippen molar-refractivity contribution in [2.45, 2.75) is 32.1 Å². The van der Waals surface area contributed by atoms with Gasteiger partial charge in [0, 0.05) is 43.2 Å². The van der Waals surface area contributed by atoms with Gasteiger partial charge in [-0.2, -0.15) is 0 Å². The van der Waals surface area contributed by atoms with Gasteiger partial charge in [-0.05, 0) is 50.3 Å². The number of rotatable bonds is 11. The van der Waals surface area contributed by atoms with E-state index in [1.165, 1.54) is 25.9 Å². The summed E-state index contributed by atoms with van der Waals surface area (Å²) < 4.78 is 6.05. The number of aliphatic hydroxyl groups excluding tert-OH is 1. The van der Waals surface area contributed by atoms with Gasteiger partial charge in [-0.1, -0.05) is 30.3 Å².